The highest BCUT2D eigenvalue weighted by molar-refractivity contribution is 7.86. The van der Waals surface area contributed by atoms with Gasteiger partial charge in [-0.3, -0.25) is 13.8 Å². The Morgan fingerprint density at radius 1 is 1.07 bits per heavy atom. The lowest BCUT2D eigenvalue weighted by Crippen LogP contribution is -2.35. The Kier molecular flexibility index (Phi) is 7.17. The van der Waals surface area contributed by atoms with Gasteiger partial charge in [-0.2, -0.15) is 0 Å². The molecule has 1 aliphatic heterocycles. The largest absolute Gasteiger partial charge is 0.371 e. The second-order valence-corrected chi connectivity index (χ2v) is 8.65. The summed E-state index contributed by atoms with van der Waals surface area (Å²) in [5.74, 6) is -1.16. The zero-order chi connectivity index (χ0) is 20.8. The highest BCUT2D eigenvalue weighted by atomic mass is 32.2. The van der Waals surface area contributed by atoms with Gasteiger partial charge in [0.25, 0.3) is 0 Å². The van der Waals surface area contributed by atoms with Gasteiger partial charge in [-0.25, -0.2) is 0 Å². The second kappa shape index (κ2) is 9.80. The van der Waals surface area contributed by atoms with Crippen LogP contribution in [-0.2, 0) is 31.5 Å². The van der Waals surface area contributed by atoms with Gasteiger partial charge in [-0.05, 0) is 54.7 Å². The molecular weight excluding hydrogens is 388 g/mol. The minimum atomic E-state index is -1.58. The number of fused-ring (bicyclic) bond motifs is 1. The molecule has 0 fully saturated rings. The van der Waals surface area contributed by atoms with Crippen LogP contribution in [0.15, 0.2) is 42.5 Å². The molecule has 2 amide bonds. The average Bonchev–Trinajstić information content (AvgIpc) is 2.69. The first-order chi connectivity index (χ1) is 13.9. The predicted octanol–water partition coefficient (Wildman–Crippen LogP) is 2.42. The highest BCUT2D eigenvalue weighted by Gasteiger charge is 2.21. The van der Waals surface area contributed by atoms with Gasteiger partial charge in [0.05, 0.1) is 6.61 Å². The summed E-state index contributed by atoms with van der Waals surface area (Å²) in [5, 5.41) is 5.50. The topological polar surface area (TPSA) is 84.5 Å². The van der Waals surface area contributed by atoms with Gasteiger partial charge >= 0.3 is 0 Å². The molecule has 154 valence electrons. The summed E-state index contributed by atoms with van der Waals surface area (Å²) < 4.78 is 17.9. The van der Waals surface area contributed by atoms with E-state index in [2.05, 4.69) is 16.7 Å². The van der Waals surface area contributed by atoms with E-state index in [9.17, 15) is 13.8 Å². The number of amides is 2. The van der Waals surface area contributed by atoms with Crippen LogP contribution < -0.4 is 10.6 Å². The molecule has 2 N–H and O–H groups in total. The van der Waals surface area contributed by atoms with Gasteiger partial charge in [0.1, 0.15) is 17.6 Å². The molecule has 2 atom stereocenters. The maximum atomic E-state index is 12.2. The second-order valence-electron chi connectivity index (χ2n) is 7.19. The monoisotopic (exact) mass is 414 g/mol. The molecular formula is C22H26N2O4S. The maximum absolute atomic E-state index is 12.2. The van der Waals surface area contributed by atoms with Crippen LogP contribution in [-0.4, -0.2) is 40.7 Å². The molecule has 0 radical (unpaired) electrons. The van der Waals surface area contributed by atoms with Gasteiger partial charge in [0, 0.05) is 23.0 Å². The molecule has 0 spiro atoms. The first kappa shape index (κ1) is 21.2. The minimum absolute atomic E-state index is 0.203. The number of aryl methyl sites for hydroxylation is 2. The fourth-order valence-electron chi connectivity index (χ4n) is 3.26. The summed E-state index contributed by atoms with van der Waals surface area (Å²) in [4.78, 5) is 24.2. The Hall–Kier alpha value is -2.51. The van der Waals surface area contributed by atoms with Crippen LogP contribution in [0.2, 0.25) is 0 Å². The van der Waals surface area contributed by atoms with Crippen LogP contribution in [0.4, 0.5) is 5.69 Å². The number of hydrogen-bond donors (Lipinski definition) is 2. The maximum Gasteiger partial charge on any atom is 0.237 e. The molecule has 29 heavy (non-hydrogen) atoms. The van der Waals surface area contributed by atoms with Crippen molar-refractivity contribution < 1.29 is 18.5 Å². The van der Waals surface area contributed by atoms with Gasteiger partial charge in [0.15, 0.2) is 0 Å². The average molecular weight is 415 g/mol. The smallest absolute Gasteiger partial charge is 0.237 e. The van der Waals surface area contributed by atoms with E-state index in [1.54, 1.807) is 6.07 Å². The van der Waals surface area contributed by atoms with Crippen molar-refractivity contribution in [1.29, 1.82) is 0 Å². The molecule has 1 aliphatic rings. The molecule has 2 aromatic carbocycles. The molecule has 2 unspecified atom stereocenters. The zero-order valence-electron chi connectivity index (χ0n) is 16.7. The van der Waals surface area contributed by atoms with E-state index in [0.29, 0.717) is 18.8 Å². The van der Waals surface area contributed by atoms with Crippen LogP contribution in [0.25, 0.3) is 0 Å². The molecule has 0 aliphatic carbocycles. The molecule has 7 heteroatoms. The number of hydrogen-bond acceptors (Lipinski definition) is 4. The van der Waals surface area contributed by atoms with E-state index in [1.807, 2.05) is 44.2 Å². The highest BCUT2D eigenvalue weighted by Crippen LogP contribution is 2.26. The van der Waals surface area contributed by atoms with E-state index >= 15 is 0 Å². The van der Waals surface area contributed by atoms with E-state index < -0.39 is 10.8 Å². The van der Waals surface area contributed by atoms with Gasteiger partial charge in [-0.15, -0.1) is 0 Å². The Labute approximate surface area is 173 Å². The van der Waals surface area contributed by atoms with Crippen LogP contribution in [0, 0.1) is 13.8 Å². The third-order valence-electron chi connectivity index (χ3n) is 4.95. The summed E-state index contributed by atoms with van der Waals surface area (Å²) >= 11 is 0. The first-order valence-corrected chi connectivity index (χ1v) is 11.1. The van der Waals surface area contributed by atoms with Crippen LogP contribution in [0.5, 0.6) is 0 Å². The number of carbonyl (C=O) groups is 2. The fourth-order valence-corrected chi connectivity index (χ4v) is 4.12. The van der Waals surface area contributed by atoms with Gasteiger partial charge in [0.2, 0.25) is 11.8 Å². The Balaban J connectivity index is 1.44. The molecule has 0 saturated heterocycles. The van der Waals surface area contributed by atoms with Crippen LogP contribution in [0.1, 0.15) is 28.4 Å². The van der Waals surface area contributed by atoms with Crippen molar-refractivity contribution in [2.45, 2.75) is 26.4 Å². The van der Waals surface area contributed by atoms with Gasteiger partial charge < -0.3 is 15.4 Å². The lowest BCUT2D eigenvalue weighted by molar-refractivity contribution is -0.119. The Morgan fingerprint density at radius 2 is 1.83 bits per heavy atom. The van der Waals surface area contributed by atoms with Crippen molar-refractivity contribution in [1.82, 2.24) is 5.32 Å². The van der Waals surface area contributed by atoms with Crippen LogP contribution in [0.3, 0.4) is 0 Å². The number of anilines is 1. The van der Waals surface area contributed by atoms with Crippen LogP contribution >= 0.6 is 0 Å². The zero-order valence-corrected chi connectivity index (χ0v) is 17.5. The SMILES string of the molecule is Cc1ccc(NC(=O)CS(=O)CC(=O)NCC2OCCc3ccccc32)cc1C. The number of rotatable bonds is 7. The summed E-state index contributed by atoms with van der Waals surface area (Å²) in [6, 6.07) is 13.6. The Morgan fingerprint density at radius 3 is 2.62 bits per heavy atom. The third-order valence-corrected chi connectivity index (χ3v) is 6.12. The number of ether oxygens (including phenoxy) is 1. The molecule has 3 rings (SSSR count). The predicted molar refractivity (Wildman–Crippen MR) is 114 cm³/mol. The summed E-state index contributed by atoms with van der Waals surface area (Å²) in [6.07, 6.45) is 0.658. The minimum Gasteiger partial charge on any atom is -0.371 e. The van der Waals surface area contributed by atoms with E-state index in [1.165, 1.54) is 5.56 Å². The number of nitrogens with one attached hydrogen (secondary N) is 2. The summed E-state index contributed by atoms with van der Waals surface area (Å²) in [7, 11) is -1.58. The standard InChI is InChI=1S/C22H26N2O4S/c1-15-7-8-18(11-16(15)2)24-22(26)14-29(27)13-21(25)23-12-20-19-6-4-3-5-17(19)9-10-28-20/h3-8,11,20H,9-10,12-14H2,1-2H3,(H,23,25)(H,24,26). The first-order valence-electron chi connectivity index (χ1n) is 9.60. The van der Waals surface area contributed by atoms with Crippen molar-refractivity contribution in [2.75, 3.05) is 30.0 Å². The van der Waals surface area contributed by atoms with E-state index in [4.69, 9.17) is 4.74 Å². The van der Waals surface area contributed by atoms with Crippen molar-refractivity contribution >= 4 is 28.3 Å². The number of benzene rings is 2. The lowest BCUT2D eigenvalue weighted by atomic mass is 9.97. The molecule has 0 aromatic heterocycles. The lowest BCUT2D eigenvalue weighted by Gasteiger charge is -2.26. The van der Waals surface area contributed by atoms with Crippen molar-refractivity contribution in [2.24, 2.45) is 0 Å². The molecule has 0 bridgehead atoms. The Bertz CT molecular complexity index is 929. The van der Waals surface area contributed by atoms with E-state index in [0.717, 1.165) is 23.1 Å². The van der Waals surface area contributed by atoms with Crippen molar-refractivity contribution in [3.8, 4) is 0 Å². The quantitative estimate of drug-likeness (QED) is 0.729. The summed E-state index contributed by atoms with van der Waals surface area (Å²) in [6.45, 7) is 4.89. The fraction of sp³-hybridized carbons (Fsp3) is 0.364. The van der Waals surface area contributed by atoms with Crippen molar-refractivity contribution in [3.63, 3.8) is 0 Å². The van der Waals surface area contributed by atoms with Gasteiger partial charge in [-0.1, -0.05) is 30.3 Å². The number of carbonyl (C=O) groups excluding carboxylic acids is 2. The normalized spacial score (nSPS) is 16.6. The molecule has 0 saturated carbocycles. The molecule has 1 heterocycles. The van der Waals surface area contributed by atoms with E-state index in [-0.39, 0.29) is 29.4 Å². The summed E-state index contributed by atoms with van der Waals surface area (Å²) in [5.41, 5.74) is 5.16. The third kappa shape index (κ3) is 5.98. The van der Waals surface area contributed by atoms with Crippen molar-refractivity contribution in [3.05, 3.63) is 64.7 Å². The molecule has 6 nitrogen and oxygen atoms in total. The molecule has 2 aromatic rings.